The molecular formula is C22H20F2N6O. The third-order valence-electron chi connectivity index (χ3n) is 5.46. The Morgan fingerprint density at radius 1 is 1.23 bits per heavy atom. The van der Waals surface area contributed by atoms with E-state index in [-0.39, 0.29) is 11.6 Å². The molecule has 0 radical (unpaired) electrons. The molecule has 1 aromatic heterocycles. The van der Waals surface area contributed by atoms with Crippen molar-refractivity contribution in [1.82, 2.24) is 15.1 Å². The van der Waals surface area contributed by atoms with Crippen LogP contribution in [0.1, 0.15) is 17.0 Å². The number of ether oxygens (including phenoxy) is 1. The maximum absolute atomic E-state index is 14.1. The number of halogens is 2. The van der Waals surface area contributed by atoms with Crippen LogP contribution in [-0.4, -0.2) is 41.8 Å². The molecule has 2 aromatic carbocycles. The fraction of sp³-hybridized carbons (Fsp3) is 0.227. The Morgan fingerprint density at radius 2 is 2.10 bits per heavy atom. The molecule has 0 unspecified atom stereocenters. The summed E-state index contributed by atoms with van der Waals surface area (Å²) in [5.74, 6) is -0.119. The van der Waals surface area contributed by atoms with Crippen molar-refractivity contribution >= 4 is 18.0 Å². The second-order valence-corrected chi connectivity index (χ2v) is 7.44. The Hall–Kier alpha value is -3.59. The number of rotatable bonds is 2. The molecule has 0 bridgehead atoms. The lowest BCUT2D eigenvalue weighted by molar-refractivity contribution is 0.325. The van der Waals surface area contributed by atoms with Crippen LogP contribution in [0.3, 0.4) is 0 Å². The molecule has 1 fully saturated rings. The Kier molecular flexibility index (Phi) is 4.95. The van der Waals surface area contributed by atoms with Gasteiger partial charge >= 0.3 is 0 Å². The summed E-state index contributed by atoms with van der Waals surface area (Å²) in [5.41, 5.74) is 9.25. The molecule has 0 amide bonds. The van der Waals surface area contributed by atoms with Crippen LogP contribution < -0.4 is 15.8 Å². The number of hydrogen-bond acceptors (Lipinski definition) is 4. The number of aromatic nitrogens is 2. The van der Waals surface area contributed by atoms with Gasteiger partial charge in [-0.3, -0.25) is 0 Å². The molecule has 3 aromatic rings. The first kappa shape index (κ1) is 19.4. The summed E-state index contributed by atoms with van der Waals surface area (Å²) in [6, 6.07) is 9.34. The van der Waals surface area contributed by atoms with Gasteiger partial charge in [0.15, 0.2) is 5.82 Å². The van der Waals surface area contributed by atoms with E-state index in [0.717, 1.165) is 54.1 Å². The van der Waals surface area contributed by atoms with E-state index in [2.05, 4.69) is 32.5 Å². The summed E-state index contributed by atoms with van der Waals surface area (Å²) in [6.45, 7) is 2.45. The number of nitrogens with two attached hydrogens (primary N) is 1. The van der Waals surface area contributed by atoms with Crippen LogP contribution >= 0.6 is 0 Å². The van der Waals surface area contributed by atoms with Crippen molar-refractivity contribution in [3.8, 4) is 17.0 Å². The third-order valence-corrected chi connectivity index (χ3v) is 5.46. The van der Waals surface area contributed by atoms with Gasteiger partial charge in [0.05, 0.1) is 18.6 Å². The van der Waals surface area contributed by atoms with Crippen molar-refractivity contribution in [1.29, 1.82) is 0 Å². The van der Waals surface area contributed by atoms with Crippen LogP contribution in [-0.2, 0) is 6.42 Å². The molecule has 0 atom stereocenters. The molecule has 2 aliphatic heterocycles. The number of nitrogens with one attached hydrogen (secondary N) is 1. The van der Waals surface area contributed by atoms with E-state index < -0.39 is 11.6 Å². The van der Waals surface area contributed by atoms with Crippen molar-refractivity contribution in [2.75, 3.05) is 19.7 Å². The molecule has 0 spiro atoms. The van der Waals surface area contributed by atoms with Crippen LogP contribution in [0.25, 0.3) is 11.3 Å². The van der Waals surface area contributed by atoms with E-state index in [4.69, 9.17) is 10.5 Å². The van der Waals surface area contributed by atoms with Crippen molar-refractivity contribution < 1.29 is 13.5 Å². The fourth-order valence-corrected chi connectivity index (χ4v) is 3.71. The molecule has 0 aliphatic carbocycles. The number of nitrogens with zero attached hydrogens (tertiary/aromatic N) is 4. The number of benzene rings is 2. The lowest BCUT2D eigenvalue weighted by Crippen LogP contribution is -2.39. The van der Waals surface area contributed by atoms with E-state index in [1.54, 1.807) is 6.20 Å². The maximum Gasteiger partial charge on any atom is 0.252 e. The first-order valence-corrected chi connectivity index (χ1v) is 9.97. The predicted molar refractivity (Wildman–Crippen MR) is 114 cm³/mol. The van der Waals surface area contributed by atoms with Crippen molar-refractivity contribution in [3.05, 3.63) is 65.4 Å². The first-order chi connectivity index (χ1) is 15.1. The van der Waals surface area contributed by atoms with Gasteiger partial charge in [0.1, 0.15) is 17.3 Å². The van der Waals surface area contributed by atoms with Gasteiger partial charge in [0.2, 0.25) is 0 Å². The minimum Gasteiger partial charge on any atom is -0.493 e. The molecule has 9 heteroatoms. The van der Waals surface area contributed by atoms with Gasteiger partial charge in [-0.2, -0.15) is 5.10 Å². The minimum absolute atomic E-state index is 0.0600. The molecule has 3 N–H and O–H groups in total. The Balaban J connectivity index is 1.56. The molecule has 3 heterocycles. The average molecular weight is 422 g/mol. The van der Waals surface area contributed by atoms with Gasteiger partial charge in [0, 0.05) is 48.8 Å². The molecule has 7 nitrogen and oxygen atoms in total. The SMILES string of the molecule is NC=NC(=Nc1ccc(F)cc1F)n1cc2c(n1)-c1ccc(C3CNC3)cc1OCC2. The normalized spacial score (nSPS) is 16.4. The molecule has 2 aliphatic rings. The van der Waals surface area contributed by atoms with E-state index in [0.29, 0.717) is 18.9 Å². The predicted octanol–water partition coefficient (Wildman–Crippen LogP) is 2.97. The second kappa shape index (κ2) is 7.92. The van der Waals surface area contributed by atoms with E-state index in [9.17, 15) is 8.78 Å². The first-order valence-electron chi connectivity index (χ1n) is 9.97. The highest BCUT2D eigenvalue weighted by Gasteiger charge is 2.24. The van der Waals surface area contributed by atoms with Gasteiger partial charge in [-0.25, -0.2) is 23.4 Å². The van der Waals surface area contributed by atoms with Crippen LogP contribution in [0.2, 0.25) is 0 Å². The van der Waals surface area contributed by atoms with Gasteiger partial charge in [-0.1, -0.05) is 6.07 Å². The van der Waals surface area contributed by atoms with Crippen LogP contribution in [0, 0.1) is 11.6 Å². The summed E-state index contributed by atoms with van der Waals surface area (Å²) < 4.78 is 34.8. The second-order valence-electron chi connectivity index (χ2n) is 7.44. The highest BCUT2D eigenvalue weighted by Crippen LogP contribution is 2.37. The average Bonchev–Trinajstić information content (AvgIpc) is 3.05. The molecule has 5 rings (SSSR count). The van der Waals surface area contributed by atoms with Crippen LogP contribution in [0.5, 0.6) is 5.75 Å². The highest BCUT2D eigenvalue weighted by molar-refractivity contribution is 5.90. The standard InChI is InChI=1S/C22H20F2N6O/c23-16-2-4-19(18(24)8-16)28-22(27-12-25)30-11-14-5-6-31-20-7-13(15-9-26-10-15)1-3-17(20)21(14)29-30/h1-4,7-8,11-12,15,26H,5-6,9-10H2,(H2,25,27,28). The quantitative estimate of drug-likeness (QED) is 0.491. The minimum atomic E-state index is -0.796. The summed E-state index contributed by atoms with van der Waals surface area (Å²) in [4.78, 5) is 8.23. The molecular weight excluding hydrogens is 402 g/mol. The van der Waals surface area contributed by atoms with Crippen LogP contribution in [0.15, 0.2) is 52.6 Å². The van der Waals surface area contributed by atoms with Crippen molar-refractivity contribution in [2.24, 2.45) is 15.7 Å². The van der Waals surface area contributed by atoms with Gasteiger partial charge in [0.25, 0.3) is 5.96 Å². The lowest BCUT2D eigenvalue weighted by Gasteiger charge is -2.28. The Labute approximate surface area is 177 Å². The zero-order valence-electron chi connectivity index (χ0n) is 16.6. The zero-order chi connectivity index (χ0) is 21.4. The highest BCUT2D eigenvalue weighted by atomic mass is 19.1. The summed E-state index contributed by atoms with van der Waals surface area (Å²) >= 11 is 0. The van der Waals surface area contributed by atoms with Crippen molar-refractivity contribution in [2.45, 2.75) is 12.3 Å². The van der Waals surface area contributed by atoms with E-state index in [1.807, 2.05) is 6.07 Å². The smallest absolute Gasteiger partial charge is 0.252 e. The van der Waals surface area contributed by atoms with E-state index in [1.165, 1.54) is 16.3 Å². The zero-order valence-corrected chi connectivity index (χ0v) is 16.6. The third kappa shape index (κ3) is 3.68. The summed E-state index contributed by atoms with van der Waals surface area (Å²) in [7, 11) is 0. The number of fused-ring (bicyclic) bond motifs is 3. The molecule has 1 saturated heterocycles. The Morgan fingerprint density at radius 3 is 2.84 bits per heavy atom. The lowest BCUT2D eigenvalue weighted by atomic mass is 9.92. The van der Waals surface area contributed by atoms with Gasteiger partial charge in [-0.15, -0.1) is 0 Å². The topological polar surface area (TPSA) is 89.8 Å². The Bertz CT molecular complexity index is 1200. The number of hydrogen-bond donors (Lipinski definition) is 2. The van der Waals surface area contributed by atoms with Gasteiger partial charge < -0.3 is 15.8 Å². The molecule has 158 valence electrons. The summed E-state index contributed by atoms with van der Waals surface area (Å²) in [5, 5.41) is 7.93. The monoisotopic (exact) mass is 422 g/mol. The largest absolute Gasteiger partial charge is 0.493 e. The molecule has 31 heavy (non-hydrogen) atoms. The maximum atomic E-state index is 14.1. The van der Waals surface area contributed by atoms with E-state index >= 15 is 0 Å². The van der Waals surface area contributed by atoms with Gasteiger partial charge in [-0.05, 0) is 29.8 Å². The molecule has 0 saturated carbocycles. The van der Waals surface area contributed by atoms with Crippen molar-refractivity contribution in [3.63, 3.8) is 0 Å². The summed E-state index contributed by atoms with van der Waals surface area (Å²) in [6.07, 6.45) is 3.49. The fourth-order valence-electron chi connectivity index (χ4n) is 3.71. The number of aliphatic imine (C=N–C) groups is 2. The van der Waals surface area contributed by atoms with Crippen LogP contribution in [0.4, 0.5) is 14.5 Å².